The summed E-state index contributed by atoms with van der Waals surface area (Å²) in [6, 6.07) is 3.26. The van der Waals surface area contributed by atoms with Gasteiger partial charge in [0.15, 0.2) is 0 Å². The number of hydrogen-bond acceptors (Lipinski definition) is 6. The van der Waals surface area contributed by atoms with Crippen molar-refractivity contribution in [1.29, 1.82) is 5.26 Å². The van der Waals surface area contributed by atoms with Crippen LogP contribution >= 0.6 is 0 Å². The summed E-state index contributed by atoms with van der Waals surface area (Å²) < 4.78 is 5.42. The van der Waals surface area contributed by atoms with Gasteiger partial charge in [-0.3, -0.25) is 10.1 Å². The van der Waals surface area contributed by atoms with Gasteiger partial charge in [-0.2, -0.15) is 5.26 Å². The summed E-state index contributed by atoms with van der Waals surface area (Å²) in [4.78, 5) is 14.4. The van der Waals surface area contributed by atoms with E-state index in [1.807, 2.05) is 13.0 Å². The maximum absolute atomic E-state index is 11.0. The van der Waals surface area contributed by atoms with Crippen LogP contribution in [0.5, 0.6) is 0 Å². The summed E-state index contributed by atoms with van der Waals surface area (Å²) in [5, 5.41) is 22.9. The van der Waals surface area contributed by atoms with Crippen LogP contribution in [0.1, 0.15) is 25.3 Å². The van der Waals surface area contributed by atoms with Crippen molar-refractivity contribution in [3.8, 4) is 6.07 Å². The number of nitro groups is 1. The highest BCUT2D eigenvalue weighted by Gasteiger charge is 2.32. The number of aromatic nitrogens is 1. The molecule has 0 spiro atoms. The third kappa shape index (κ3) is 2.80. The van der Waals surface area contributed by atoms with Crippen LogP contribution in [0.4, 0.5) is 11.5 Å². The molecule has 1 heterocycles. The Labute approximate surface area is 110 Å². The minimum Gasteiger partial charge on any atom is -0.378 e. The Bertz CT molecular complexity index is 520. The van der Waals surface area contributed by atoms with Crippen LogP contribution < -0.4 is 5.32 Å². The molecular formula is C12H14N4O3. The van der Waals surface area contributed by atoms with Gasteiger partial charge >= 0.3 is 5.69 Å². The summed E-state index contributed by atoms with van der Waals surface area (Å²) in [5.41, 5.74) is -0.243. The predicted molar refractivity (Wildman–Crippen MR) is 67.7 cm³/mol. The normalized spacial score (nSPS) is 21.3. The van der Waals surface area contributed by atoms with Gasteiger partial charge in [-0.05, 0) is 25.8 Å². The largest absolute Gasteiger partial charge is 0.378 e. The monoisotopic (exact) mass is 262 g/mol. The first-order valence-corrected chi connectivity index (χ1v) is 6.07. The Morgan fingerprint density at radius 2 is 2.42 bits per heavy atom. The van der Waals surface area contributed by atoms with Crippen LogP contribution in [0.25, 0.3) is 0 Å². The van der Waals surface area contributed by atoms with Crippen molar-refractivity contribution in [1.82, 2.24) is 4.98 Å². The van der Waals surface area contributed by atoms with Gasteiger partial charge < -0.3 is 10.1 Å². The van der Waals surface area contributed by atoms with Crippen molar-refractivity contribution in [2.75, 3.05) is 11.9 Å². The van der Waals surface area contributed by atoms with Gasteiger partial charge in [0.1, 0.15) is 11.6 Å². The number of nitrogens with one attached hydrogen (secondary N) is 1. The van der Waals surface area contributed by atoms with Crippen molar-refractivity contribution < 1.29 is 9.66 Å². The van der Waals surface area contributed by atoms with Crippen molar-refractivity contribution in [3.05, 3.63) is 27.9 Å². The topological polar surface area (TPSA) is 101 Å². The lowest BCUT2D eigenvalue weighted by Crippen LogP contribution is -2.41. The maximum atomic E-state index is 11.0. The van der Waals surface area contributed by atoms with Crippen LogP contribution in [0.15, 0.2) is 12.3 Å². The second-order valence-corrected chi connectivity index (χ2v) is 4.31. The molecule has 1 aromatic rings. The van der Waals surface area contributed by atoms with Gasteiger partial charge in [0.25, 0.3) is 0 Å². The zero-order valence-electron chi connectivity index (χ0n) is 10.5. The Morgan fingerprint density at radius 1 is 1.68 bits per heavy atom. The summed E-state index contributed by atoms with van der Waals surface area (Å²) in [7, 11) is 0. The number of ether oxygens (including phenoxy) is 1. The van der Waals surface area contributed by atoms with Gasteiger partial charge in [0, 0.05) is 18.8 Å². The Morgan fingerprint density at radius 3 is 3.00 bits per heavy atom. The van der Waals surface area contributed by atoms with Crippen LogP contribution in [-0.2, 0) is 4.74 Å². The van der Waals surface area contributed by atoms with E-state index in [1.165, 1.54) is 12.3 Å². The van der Waals surface area contributed by atoms with E-state index in [9.17, 15) is 10.1 Å². The van der Waals surface area contributed by atoms with E-state index in [4.69, 9.17) is 10.00 Å². The fourth-order valence-electron chi connectivity index (χ4n) is 2.08. The zero-order valence-corrected chi connectivity index (χ0v) is 10.5. The van der Waals surface area contributed by atoms with Crippen molar-refractivity contribution in [3.63, 3.8) is 0 Å². The summed E-state index contributed by atoms with van der Waals surface area (Å²) >= 11 is 0. The molecular weight excluding hydrogens is 248 g/mol. The van der Waals surface area contributed by atoms with Gasteiger partial charge in [0.2, 0.25) is 5.82 Å². The minimum atomic E-state index is -0.577. The number of hydrogen-bond donors (Lipinski definition) is 1. The molecule has 0 unspecified atom stereocenters. The van der Waals surface area contributed by atoms with Crippen molar-refractivity contribution >= 4 is 11.5 Å². The second-order valence-electron chi connectivity index (χ2n) is 4.31. The van der Waals surface area contributed by atoms with Gasteiger partial charge in [-0.15, -0.1) is 0 Å². The molecule has 0 amide bonds. The molecule has 7 heteroatoms. The van der Waals surface area contributed by atoms with E-state index in [-0.39, 0.29) is 29.2 Å². The molecule has 1 saturated carbocycles. The quantitative estimate of drug-likeness (QED) is 0.641. The smallest absolute Gasteiger partial charge is 0.328 e. The lowest BCUT2D eigenvalue weighted by atomic mass is 9.89. The highest BCUT2D eigenvalue weighted by Crippen LogP contribution is 2.31. The Hall–Kier alpha value is -2.20. The first-order chi connectivity index (χ1) is 9.15. The Balaban J connectivity index is 2.10. The highest BCUT2D eigenvalue weighted by atomic mass is 16.6. The van der Waals surface area contributed by atoms with E-state index in [0.29, 0.717) is 6.61 Å². The number of rotatable bonds is 5. The first-order valence-electron chi connectivity index (χ1n) is 6.07. The molecule has 0 aromatic carbocycles. The molecule has 0 atom stereocenters. The molecule has 1 aliphatic carbocycles. The molecule has 0 radical (unpaired) electrons. The summed E-state index contributed by atoms with van der Waals surface area (Å²) in [5.74, 6) is 0.156. The second kappa shape index (κ2) is 5.63. The highest BCUT2D eigenvalue weighted by molar-refractivity contribution is 5.64. The van der Waals surface area contributed by atoms with Crippen LogP contribution in [0.2, 0.25) is 0 Å². The molecule has 0 saturated heterocycles. The SMILES string of the molecule is CCOC1CC(Nc2nccc(C#N)c2[N+](=O)[O-])C1. The third-order valence-electron chi connectivity index (χ3n) is 3.07. The molecule has 19 heavy (non-hydrogen) atoms. The van der Waals surface area contributed by atoms with Gasteiger partial charge in [-0.1, -0.05) is 0 Å². The van der Waals surface area contributed by atoms with E-state index < -0.39 is 4.92 Å². The van der Waals surface area contributed by atoms with Crippen LogP contribution in [-0.4, -0.2) is 28.7 Å². The van der Waals surface area contributed by atoms with E-state index in [0.717, 1.165) is 12.8 Å². The van der Waals surface area contributed by atoms with E-state index in [2.05, 4.69) is 10.3 Å². The maximum Gasteiger partial charge on any atom is 0.328 e. The molecule has 2 rings (SSSR count). The molecule has 7 nitrogen and oxygen atoms in total. The fraction of sp³-hybridized carbons (Fsp3) is 0.500. The molecule has 1 fully saturated rings. The molecule has 0 bridgehead atoms. The average molecular weight is 262 g/mol. The number of nitriles is 1. The summed E-state index contributed by atoms with van der Waals surface area (Å²) in [6.07, 6.45) is 3.19. The van der Waals surface area contributed by atoms with Crippen LogP contribution in [0, 0.1) is 21.4 Å². The zero-order chi connectivity index (χ0) is 13.8. The number of nitrogens with zero attached hydrogens (tertiary/aromatic N) is 3. The standard InChI is InChI=1S/C12H14N4O3/c1-2-19-10-5-9(6-10)15-12-11(16(17)18)8(7-13)3-4-14-12/h3-4,9-10H,2,5-6H2,1H3,(H,14,15). The van der Waals surface area contributed by atoms with Crippen molar-refractivity contribution in [2.24, 2.45) is 0 Å². The lowest BCUT2D eigenvalue weighted by Gasteiger charge is -2.35. The van der Waals surface area contributed by atoms with E-state index in [1.54, 1.807) is 0 Å². The molecule has 1 aromatic heterocycles. The number of pyridine rings is 1. The fourth-order valence-corrected chi connectivity index (χ4v) is 2.08. The first kappa shape index (κ1) is 13.2. The van der Waals surface area contributed by atoms with Gasteiger partial charge in [0.05, 0.1) is 11.0 Å². The average Bonchev–Trinajstić information content (AvgIpc) is 2.35. The summed E-state index contributed by atoms with van der Waals surface area (Å²) in [6.45, 7) is 2.60. The minimum absolute atomic E-state index is 0.0168. The molecule has 100 valence electrons. The predicted octanol–water partition coefficient (Wildman–Crippen LogP) is 1.84. The Kier molecular flexibility index (Phi) is 3.92. The number of anilines is 1. The van der Waals surface area contributed by atoms with Crippen molar-refractivity contribution in [2.45, 2.75) is 31.9 Å². The lowest BCUT2D eigenvalue weighted by molar-refractivity contribution is -0.384. The molecule has 1 aliphatic rings. The third-order valence-corrected chi connectivity index (χ3v) is 3.07. The van der Waals surface area contributed by atoms with Gasteiger partial charge in [-0.25, -0.2) is 4.98 Å². The van der Waals surface area contributed by atoms with E-state index >= 15 is 0 Å². The molecule has 0 aliphatic heterocycles. The molecule has 1 N–H and O–H groups in total. The van der Waals surface area contributed by atoms with Crippen LogP contribution in [0.3, 0.4) is 0 Å².